The van der Waals surface area contributed by atoms with Gasteiger partial charge in [-0.3, -0.25) is 19.4 Å². The second kappa shape index (κ2) is 7.62. The lowest BCUT2D eigenvalue weighted by atomic mass is 9.96. The second-order valence-corrected chi connectivity index (χ2v) is 7.63. The maximum absolute atomic E-state index is 13.6. The van der Waals surface area contributed by atoms with E-state index in [1.54, 1.807) is 18.3 Å². The van der Waals surface area contributed by atoms with Gasteiger partial charge in [0.1, 0.15) is 5.69 Å². The summed E-state index contributed by atoms with van der Waals surface area (Å²) < 4.78 is 40.8. The Labute approximate surface area is 169 Å². The van der Waals surface area contributed by atoms with E-state index in [0.717, 1.165) is 4.90 Å². The summed E-state index contributed by atoms with van der Waals surface area (Å²) in [6.07, 6.45) is -2.58. The third-order valence-corrected chi connectivity index (χ3v) is 5.61. The van der Waals surface area contributed by atoms with Crippen molar-refractivity contribution in [1.29, 1.82) is 0 Å². The number of fused-ring (bicyclic) bond motifs is 1. The molecule has 3 atom stereocenters. The van der Waals surface area contributed by atoms with Gasteiger partial charge in [0.15, 0.2) is 0 Å². The van der Waals surface area contributed by atoms with E-state index in [1.165, 1.54) is 6.07 Å². The number of pyridine rings is 1. The van der Waals surface area contributed by atoms with E-state index in [1.807, 2.05) is 0 Å². The molecule has 160 valence electrons. The monoisotopic (exact) mass is 423 g/mol. The van der Waals surface area contributed by atoms with Gasteiger partial charge in [-0.25, -0.2) is 0 Å². The number of aromatic nitrogens is 2. The molecule has 2 aromatic heterocycles. The highest BCUT2D eigenvalue weighted by Crippen LogP contribution is 2.35. The normalized spacial score (nSPS) is 24.7. The van der Waals surface area contributed by atoms with Gasteiger partial charge in [-0.1, -0.05) is 0 Å². The van der Waals surface area contributed by atoms with Gasteiger partial charge in [-0.15, -0.1) is 0 Å². The maximum Gasteiger partial charge on any atom is 0.395 e. The number of halogens is 3. The Morgan fingerprint density at radius 1 is 1.27 bits per heavy atom. The standard InChI is InChI=1S/C19H20F3N5O3/c20-19(21,22)11-8-27(18(30)14-6-13-12(25-14)2-1-5-23-13)9-15(11)26-17(29)10-3-4-16(28)24-7-10/h1-2,5-6,10-11,15,25H,3-4,7-9H2,(H,24,28)(H,26,29)/t10?,11-,15-/m1/s1. The summed E-state index contributed by atoms with van der Waals surface area (Å²) >= 11 is 0. The predicted octanol–water partition coefficient (Wildman–Crippen LogP) is 1.21. The van der Waals surface area contributed by atoms with Crippen LogP contribution in [-0.2, 0) is 9.59 Å². The molecule has 8 nitrogen and oxygen atoms in total. The molecule has 0 radical (unpaired) electrons. The van der Waals surface area contributed by atoms with Crippen molar-refractivity contribution in [2.45, 2.75) is 25.1 Å². The molecule has 4 heterocycles. The molecule has 2 aromatic rings. The minimum absolute atomic E-state index is 0.0960. The van der Waals surface area contributed by atoms with Gasteiger partial charge < -0.3 is 20.5 Å². The Hall–Kier alpha value is -3.11. The van der Waals surface area contributed by atoms with Gasteiger partial charge in [0.2, 0.25) is 11.8 Å². The van der Waals surface area contributed by atoms with Crippen LogP contribution in [0.2, 0.25) is 0 Å². The fourth-order valence-electron chi connectivity index (χ4n) is 3.95. The zero-order chi connectivity index (χ0) is 21.5. The molecule has 2 aliphatic heterocycles. The first-order valence-corrected chi connectivity index (χ1v) is 9.59. The van der Waals surface area contributed by atoms with Gasteiger partial charge in [-0.05, 0) is 24.6 Å². The molecule has 2 fully saturated rings. The molecule has 0 aromatic carbocycles. The van der Waals surface area contributed by atoms with Gasteiger partial charge in [0.25, 0.3) is 5.91 Å². The molecule has 2 aliphatic rings. The quantitative estimate of drug-likeness (QED) is 0.690. The Bertz CT molecular complexity index is 946. The predicted molar refractivity (Wildman–Crippen MR) is 99.2 cm³/mol. The number of carbonyl (C=O) groups is 3. The van der Waals surface area contributed by atoms with E-state index in [9.17, 15) is 27.6 Å². The minimum atomic E-state index is -4.57. The Morgan fingerprint density at radius 3 is 2.73 bits per heavy atom. The van der Waals surface area contributed by atoms with Crippen LogP contribution in [0.25, 0.3) is 11.0 Å². The Morgan fingerprint density at radius 2 is 2.07 bits per heavy atom. The molecule has 3 N–H and O–H groups in total. The van der Waals surface area contributed by atoms with Crippen molar-refractivity contribution in [2.24, 2.45) is 11.8 Å². The average molecular weight is 423 g/mol. The number of H-pyrrole nitrogens is 1. The lowest BCUT2D eigenvalue weighted by Gasteiger charge is -2.26. The van der Waals surface area contributed by atoms with E-state index in [2.05, 4.69) is 20.6 Å². The second-order valence-electron chi connectivity index (χ2n) is 7.63. The first kappa shape index (κ1) is 20.2. The molecule has 0 saturated carbocycles. The number of likely N-dealkylation sites (tertiary alicyclic amines) is 1. The average Bonchev–Trinajstić information content (AvgIpc) is 3.32. The number of hydrogen-bond donors (Lipinski definition) is 3. The smallest absolute Gasteiger partial charge is 0.355 e. The van der Waals surface area contributed by atoms with Gasteiger partial charge in [-0.2, -0.15) is 13.2 Å². The Kier molecular flexibility index (Phi) is 5.12. The number of nitrogens with zero attached hydrogens (tertiary/aromatic N) is 2. The van der Waals surface area contributed by atoms with Crippen LogP contribution in [0.1, 0.15) is 23.3 Å². The summed E-state index contributed by atoms with van der Waals surface area (Å²) in [4.78, 5) is 44.6. The van der Waals surface area contributed by atoms with Crippen LogP contribution >= 0.6 is 0 Å². The lowest BCUT2D eigenvalue weighted by Crippen LogP contribution is -2.50. The van der Waals surface area contributed by atoms with Crippen LogP contribution < -0.4 is 10.6 Å². The highest BCUT2D eigenvalue weighted by Gasteiger charge is 2.51. The highest BCUT2D eigenvalue weighted by molar-refractivity contribution is 5.97. The van der Waals surface area contributed by atoms with Gasteiger partial charge in [0.05, 0.1) is 28.9 Å². The van der Waals surface area contributed by atoms with Crippen molar-refractivity contribution in [3.05, 3.63) is 30.1 Å². The van der Waals surface area contributed by atoms with Crippen molar-refractivity contribution in [3.63, 3.8) is 0 Å². The van der Waals surface area contributed by atoms with Crippen molar-refractivity contribution >= 4 is 28.8 Å². The summed E-state index contributed by atoms with van der Waals surface area (Å²) in [5, 5.41) is 5.00. The van der Waals surface area contributed by atoms with Crippen molar-refractivity contribution < 1.29 is 27.6 Å². The molecule has 30 heavy (non-hydrogen) atoms. The summed E-state index contributed by atoms with van der Waals surface area (Å²) in [7, 11) is 0. The number of hydrogen-bond acceptors (Lipinski definition) is 4. The van der Waals surface area contributed by atoms with E-state index in [-0.39, 0.29) is 37.5 Å². The number of amides is 3. The molecular weight excluding hydrogens is 403 g/mol. The first-order valence-electron chi connectivity index (χ1n) is 9.59. The van der Waals surface area contributed by atoms with Crippen LogP contribution in [0.15, 0.2) is 24.4 Å². The number of rotatable bonds is 3. The van der Waals surface area contributed by atoms with Crippen LogP contribution in [-0.4, -0.2) is 64.4 Å². The lowest BCUT2D eigenvalue weighted by molar-refractivity contribution is -0.175. The van der Waals surface area contributed by atoms with Crippen LogP contribution in [0, 0.1) is 11.8 Å². The van der Waals surface area contributed by atoms with E-state index >= 15 is 0 Å². The molecule has 2 saturated heterocycles. The largest absolute Gasteiger partial charge is 0.395 e. The summed E-state index contributed by atoms with van der Waals surface area (Å²) in [5.74, 6) is -3.76. The molecule has 0 spiro atoms. The molecule has 3 amide bonds. The topological polar surface area (TPSA) is 107 Å². The van der Waals surface area contributed by atoms with Crippen molar-refractivity contribution in [2.75, 3.05) is 19.6 Å². The zero-order valence-electron chi connectivity index (χ0n) is 15.8. The number of aromatic amines is 1. The van der Waals surface area contributed by atoms with Crippen LogP contribution in [0.4, 0.5) is 13.2 Å². The number of nitrogens with one attached hydrogen (secondary N) is 3. The molecule has 0 aliphatic carbocycles. The van der Waals surface area contributed by atoms with Crippen molar-refractivity contribution in [1.82, 2.24) is 25.5 Å². The number of alkyl halides is 3. The summed E-state index contributed by atoms with van der Waals surface area (Å²) in [6, 6.07) is 3.65. The van der Waals surface area contributed by atoms with Gasteiger partial charge in [0, 0.05) is 32.3 Å². The molecule has 0 bridgehead atoms. The minimum Gasteiger partial charge on any atom is -0.355 e. The first-order chi connectivity index (χ1) is 14.2. The van der Waals surface area contributed by atoms with E-state index < -0.39 is 42.4 Å². The fraction of sp³-hybridized carbons (Fsp3) is 0.474. The highest BCUT2D eigenvalue weighted by atomic mass is 19.4. The fourth-order valence-corrected chi connectivity index (χ4v) is 3.95. The number of piperidine rings is 1. The third kappa shape index (κ3) is 3.96. The van der Waals surface area contributed by atoms with Crippen LogP contribution in [0.5, 0.6) is 0 Å². The van der Waals surface area contributed by atoms with Gasteiger partial charge >= 0.3 is 6.18 Å². The zero-order valence-corrected chi connectivity index (χ0v) is 15.8. The van der Waals surface area contributed by atoms with Crippen molar-refractivity contribution in [3.8, 4) is 0 Å². The van der Waals surface area contributed by atoms with E-state index in [4.69, 9.17) is 0 Å². The van der Waals surface area contributed by atoms with Crippen LogP contribution in [0.3, 0.4) is 0 Å². The third-order valence-electron chi connectivity index (χ3n) is 5.61. The molecule has 1 unspecified atom stereocenters. The molecular formula is C19H20F3N5O3. The molecule has 11 heteroatoms. The molecule has 4 rings (SSSR count). The van der Waals surface area contributed by atoms with E-state index in [0.29, 0.717) is 11.0 Å². The Balaban J connectivity index is 1.49. The number of carbonyl (C=O) groups excluding carboxylic acids is 3. The summed E-state index contributed by atoms with van der Waals surface area (Å²) in [6.45, 7) is -0.702. The summed E-state index contributed by atoms with van der Waals surface area (Å²) in [5.41, 5.74) is 1.29. The maximum atomic E-state index is 13.6. The SMILES string of the molecule is O=C1CCC(C(=O)N[C@@H]2CN(C(=O)c3cc4ncccc4[nH]3)C[C@H]2C(F)(F)F)CN1.